The first-order chi connectivity index (χ1) is 8.90. The van der Waals surface area contributed by atoms with E-state index in [9.17, 15) is 4.39 Å². The molecule has 19 heavy (non-hydrogen) atoms. The minimum atomic E-state index is -0.327. The van der Waals surface area contributed by atoms with E-state index < -0.39 is 0 Å². The molecular formula is C14H13Cl3FN. The zero-order valence-corrected chi connectivity index (χ0v) is 12.8. The van der Waals surface area contributed by atoms with Crippen LogP contribution >= 0.6 is 34.8 Å². The molecule has 0 aliphatic heterocycles. The summed E-state index contributed by atoms with van der Waals surface area (Å²) < 4.78 is 14.0. The summed E-state index contributed by atoms with van der Waals surface area (Å²) >= 11 is 18.2. The number of hydrogen-bond acceptors (Lipinski definition) is 1. The zero-order chi connectivity index (χ0) is 14.2. The molecule has 0 fully saturated rings. The van der Waals surface area contributed by atoms with Crippen molar-refractivity contribution in [2.24, 2.45) is 0 Å². The Labute approximate surface area is 127 Å². The van der Waals surface area contributed by atoms with Crippen LogP contribution in [0.1, 0.15) is 17.9 Å². The van der Waals surface area contributed by atoms with Crippen molar-refractivity contribution in [1.29, 1.82) is 0 Å². The molecule has 1 aliphatic carbocycles. The third kappa shape index (κ3) is 3.07. The minimum Gasteiger partial charge on any atom is -0.378 e. The van der Waals surface area contributed by atoms with E-state index >= 15 is 0 Å². The molecule has 5 heteroatoms. The van der Waals surface area contributed by atoms with Crippen molar-refractivity contribution in [3.8, 4) is 0 Å². The predicted molar refractivity (Wildman–Crippen MR) is 80.8 cm³/mol. The monoisotopic (exact) mass is 319 g/mol. The molecule has 1 unspecified atom stereocenters. The van der Waals surface area contributed by atoms with Gasteiger partial charge in [-0.05, 0) is 36.3 Å². The van der Waals surface area contributed by atoms with Crippen LogP contribution in [0.2, 0.25) is 0 Å². The van der Waals surface area contributed by atoms with Crippen molar-refractivity contribution < 1.29 is 4.39 Å². The second-order valence-electron chi connectivity index (χ2n) is 4.64. The van der Waals surface area contributed by atoms with Crippen molar-refractivity contribution in [2.75, 3.05) is 19.0 Å². The number of benzene rings is 1. The largest absolute Gasteiger partial charge is 0.378 e. The van der Waals surface area contributed by atoms with Gasteiger partial charge in [0.25, 0.3) is 0 Å². The molecule has 1 nitrogen and oxygen atoms in total. The van der Waals surface area contributed by atoms with Crippen LogP contribution in [0.15, 0.2) is 39.4 Å². The molecule has 0 aromatic heterocycles. The maximum Gasteiger partial charge on any atom is 0.127 e. The number of nitrogens with zero attached hydrogens (tertiary/aromatic N) is 1. The fourth-order valence-electron chi connectivity index (χ4n) is 2.04. The van der Waals surface area contributed by atoms with E-state index in [0.29, 0.717) is 27.1 Å². The molecule has 0 spiro atoms. The van der Waals surface area contributed by atoms with Gasteiger partial charge in [-0.3, -0.25) is 0 Å². The minimum absolute atomic E-state index is 0.301. The SMILES string of the molecule is CN(C)c1ccc(F)c(C2CC(Cl)=CC(Cl)=C2Cl)c1. The molecular weight excluding hydrogens is 308 g/mol. The predicted octanol–water partition coefficient (Wildman–Crippen LogP) is 5.19. The average Bonchev–Trinajstić information content (AvgIpc) is 2.34. The summed E-state index contributed by atoms with van der Waals surface area (Å²) in [5, 5.41) is 1.38. The summed E-state index contributed by atoms with van der Waals surface area (Å²) in [7, 11) is 3.80. The summed E-state index contributed by atoms with van der Waals surface area (Å²) in [5.41, 5.74) is 1.42. The van der Waals surface area contributed by atoms with E-state index in [4.69, 9.17) is 34.8 Å². The number of hydrogen-bond donors (Lipinski definition) is 0. The summed E-state index contributed by atoms with van der Waals surface area (Å²) in [6.07, 6.45) is 2.07. The van der Waals surface area contributed by atoms with Crippen LogP contribution in [0, 0.1) is 5.82 Å². The topological polar surface area (TPSA) is 3.24 Å². The quantitative estimate of drug-likeness (QED) is 0.724. The number of rotatable bonds is 2. The van der Waals surface area contributed by atoms with Crippen molar-refractivity contribution in [3.05, 3.63) is 50.8 Å². The van der Waals surface area contributed by atoms with Crippen molar-refractivity contribution in [2.45, 2.75) is 12.3 Å². The molecule has 0 radical (unpaired) electrons. The highest BCUT2D eigenvalue weighted by Gasteiger charge is 2.26. The van der Waals surface area contributed by atoms with Crippen molar-refractivity contribution in [3.63, 3.8) is 0 Å². The van der Waals surface area contributed by atoms with Gasteiger partial charge in [0.1, 0.15) is 5.82 Å². The standard InChI is InChI=1S/C14H13Cl3FN/c1-19(2)9-3-4-13(18)10(7-9)11-5-8(15)6-12(16)14(11)17/h3-4,6-7,11H,5H2,1-2H3. The Balaban J connectivity index is 2.48. The van der Waals surface area contributed by atoms with E-state index in [2.05, 4.69) is 0 Å². The molecule has 1 aromatic rings. The number of anilines is 1. The highest BCUT2D eigenvalue weighted by atomic mass is 35.5. The smallest absolute Gasteiger partial charge is 0.127 e. The third-order valence-corrected chi connectivity index (χ3v) is 4.23. The molecule has 102 valence electrons. The Morgan fingerprint density at radius 2 is 1.89 bits per heavy atom. The number of allylic oxidation sites excluding steroid dienone is 4. The molecule has 1 aromatic carbocycles. The molecule has 0 heterocycles. The Kier molecular flexibility index (Phi) is 4.44. The Morgan fingerprint density at radius 1 is 1.21 bits per heavy atom. The third-order valence-electron chi connectivity index (χ3n) is 3.09. The van der Waals surface area contributed by atoms with E-state index in [1.54, 1.807) is 18.2 Å². The first-order valence-corrected chi connectivity index (χ1v) is 6.91. The molecule has 0 saturated heterocycles. The van der Waals surface area contributed by atoms with Crippen molar-refractivity contribution >= 4 is 40.5 Å². The Hall–Kier alpha value is -0.700. The van der Waals surface area contributed by atoms with Crippen molar-refractivity contribution in [1.82, 2.24) is 0 Å². The molecule has 1 aliphatic rings. The fraction of sp³-hybridized carbons (Fsp3) is 0.286. The second-order valence-corrected chi connectivity index (χ2v) is 5.94. The van der Waals surface area contributed by atoms with E-state index in [-0.39, 0.29) is 11.7 Å². The van der Waals surface area contributed by atoms with Gasteiger partial charge in [-0.2, -0.15) is 0 Å². The first kappa shape index (κ1) is 14.7. The first-order valence-electron chi connectivity index (χ1n) is 5.78. The van der Waals surface area contributed by atoms with Crippen LogP contribution in [0.3, 0.4) is 0 Å². The Bertz CT molecular complexity index is 564. The number of halogens is 4. The Morgan fingerprint density at radius 3 is 2.53 bits per heavy atom. The maximum atomic E-state index is 14.0. The van der Waals surface area contributed by atoms with Crippen LogP contribution in [-0.2, 0) is 0 Å². The van der Waals surface area contributed by atoms with Gasteiger partial charge in [-0.15, -0.1) is 0 Å². The van der Waals surface area contributed by atoms with Gasteiger partial charge < -0.3 is 4.90 Å². The lowest BCUT2D eigenvalue weighted by molar-refractivity contribution is 0.597. The summed E-state index contributed by atoms with van der Waals surface area (Å²) in [5.74, 6) is -0.629. The lowest BCUT2D eigenvalue weighted by atomic mass is 9.91. The molecule has 0 saturated carbocycles. The van der Waals surface area contributed by atoms with Crippen LogP contribution in [0.4, 0.5) is 10.1 Å². The molecule has 0 N–H and O–H groups in total. The van der Waals surface area contributed by atoms with Crippen LogP contribution in [0.25, 0.3) is 0 Å². The fourth-order valence-corrected chi connectivity index (χ4v) is 2.87. The lowest BCUT2D eigenvalue weighted by Gasteiger charge is -2.23. The lowest BCUT2D eigenvalue weighted by Crippen LogP contribution is -2.12. The van der Waals surface area contributed by atoms with Gasteiger partial charge in [-0.1, -0.05) is 34.8 Å². The van der Waals surface area contributed by atoms with Gasteiger partial charge >= 0.3 is 0 Å². The highest BCUT2D eigenvalue weighted by Crippen LogP contribution is 2.43. The van der Waals surface area contributed by atoms with E-state index in [0.717, 1.165) is 5.69 Å². The maximum absolute atomic E-state index is 14.0. The van der Waals surface area contributed by atoms with Crippen LogP contribution in [0.5, 0.6) is 0 Å². The van der Waals surface area contributed by atoms with Gasteiger partial charge in [0, 0.05) is 35.8 Å². The molecule has 1 atom stereocenters. The summed E-state index contributed by atoms with van der Waals surface area (Å²) in [6, 6.07) is 4.94. The van der Waals surface area contributed by atoms with E-state index in [1.807, 2.05) is 19.0 Å². The van der Waals surface area contributed by atoms with E-state index in [1.165, 1.54) is 6.07 Å². The van der Waals surface area contributed by atoms with Gasteiger partial charge in [0.2, 0.25) is 0 Å². The van der Waals surface area contributed by atoms with Crippen LogP contribution in [-0.4, -0.2) is 14.1 Å². The van der Waals surface area contributed by atoms with Gasteiger partial charge in [0.05, 0.1) is 5.03 Å². The highest BCUT2D eigenvalue weighted by molar-refractivity contribution is 6.42. The summed E-state index contributed by atoms with van der Waals surface area (Å²) in [6.45, 7) is 0. The second kappa shape index (κ2) is 5.74. The molecule has 0 bridgehead atoms. The van der Waals surface area contributed by atoms with Crippen LogP contribution < -0.4 is 4.90 Å². The van der Waals surface area contributed by atoms with Gasteiger partial charge in [0.15, 0.2) is 0 Å². The molecule has 2 rings (SSSR count). The average molecular weight is 321 g/mol. The van der Waals surface area contributed by atoms with Gasteiger partial charge in [-0.25, -0.2) is 4.39 Å². The molecule has 0 amide bonds. The zero-order valence-electron chi connectivity index (χ0n) is 10.6. The summed E-state index contributed by atoms with van der Waals surface area (Å²) in [4.78, 5) is 1.91. The normalized spacial score (nSPS) is 19.5.